The monoisotopic (exact) mass is 278 g/mol. The highest BCUT2D eigenvalue weighted by Crippen LogP contribution is 2.43. The maximum absolute atomic E-state index is 10.5. The number of fused-ring (bicyclic) bond motifs is 2. The van der Waals surface area contributed by atoms with E-state index in [1.54, 1.807) is 0 Å². The van der Waals surface area contributed by atoms with Crippen molar-refractivity contribution in [2.75, 3.05) is 0 Å². The first-order valence-electron chi connectivity index (χ1n) is 7.54. The second-order valence-corrected chi connectivity index (χ2v) is 5.78. The number of rotatable bonds is 1. The van der Waals surface area contributed by atoms with Crippen molar-refractivity contribution in [2.24, 2.45) is 0 Å². The van der Waals surface area contributed by atoms with E-state index in [-0.39, 0.29) is 6.10 Å². The van der Waals surface area contributed by atoms with Crippen molar-refractivity contribution < 1.29 is 9.84 Å². The van der Waals surface area contributed by atoms with Crippen LogP contribution in [0.15, 0.2) is 60.2 Å². The van der Waals surface area contributed by atoms with Gasteiger partial charge in [0.15, 0.2) is 0 Å². The van der Waals surface area contributed by atoms with E-state index in [0.29, 0.717) is 6.42 Å². The molecule has 0 saturated heterocycles. The van der Waals surface area contributed by atoms with E-state index in [1.165, 1.54) is 5.56 Å². The average molecular weight is 278 g/mol. The van der Waals surface area contributed by atoms with Gasteiger partial charge < -0.3 is 9.84 Å². The van der Waals surface area contributed by atoms with E-state index < -0.39 is 6.10 Å². The molecule has 0 amide bonds. The molecule has 0 bridgehead atoms. The van der Waals surface area contributed by atoms with E-state index in [9.17, 15) is 5.11 Å². The Balaban J connectivity index is 1.75. The normalized spacial score (nSPS) is 24.0. The molecule has 2 nitrogen and oxygen atoms in total. The Morgan fingerprint density at radius 2 is 1.67 bits per heavy atom. The minimum Gasteiger partial charge on any atom is -0.485 e. The molecule has 2 heteroatoms. The maximum atomic E-state index is 10.5. The number of aryl methyl sites for hydroxylation is 1. The van der Waals surface area contributed by atoms with Gasteiger partial charge in [0, 0.05) is 17.6 Å². The quantitative estimate of drug-likeness (QED) is 0.858. The number of hydrogen-bond donors (Lipinski definition) is 1. The summed E-state index contributed by atoms with van der Waals surface area (Å²) in [5, 5.41) is 10.5. The third-order valence-corrected chi connectivity index (χ3v) is 4.49. The number of benzene rings is 2. The van der Waals surface area contributed by atoms with Crippen LogP contribution in [-0.2, 0) is 11.2 Å². The summed E-state index contributed by atoms with van der Waals surface area (Å²) in [6, 6.07) is 18.5. The second-order valence-electron chi connectivity index (χ2n) is 5.78. The highest BCUT2D eigenvalue weighted by atomic mass is 16.5. The minimum atomic E-state index is -0.396. The summed E-state index contributed by atoms with van der Waals surface area (Å²) in [5.41, 5.74) is 4.67. The van der Waals surface area contributed by atoms with Crippen molar-refractivity contribution in [1.29, 1.82) is 0 Å². The van der Waals surface area contributed by atoms with Crippen LogP contribution in [-0.4, -0.2) is 11.2 Å². The third-order valence-electron chi connectivity index (χ3n) is 4.49. The minimum absolute atomic E-state index is 0.0638. The highest BCUT2D eigenvalue weighted by Gasteiger charge is 2.33. The van der Waals surface area contributed by atoms with Crippen molar-refractivity contribution in [2.45, 2.75) is 31.5 Å². The molecule has 0 radical (unpaired) electrons. The van der Waals surface area contributed by atoms with E-state index in [4.69, 9.17) is 4.74 Å². The molecule has 2 aliphatic rings. The third kappa shape index (κ3) is 2.16. The molecular formula is C19H18O2. The predicted molar refractivity (Wildman–Crippen MR) is 82.6 cm³/mol. The maximum Gasteiger partial charge on any atom is 0.129 e. The van der Waals surface area contributed by atoms with Gasteiger partial charge >= 0.3 is 0 Å². The van der Waals surface area contributed by atoms with Crippen LogP contribution < -0.4 is 0 Å². The molecule has 4 rings (SSSR count). The Hall–Kier alpha value is -2.06. The molecule has 1 aliphatic heterocycles. The van der Waals surface area contributed by atoms with Gasteiger partial charge in [0.05, 0.1) is 6.10 Å². The Kier molecular flexibility index (Phi) is 3.04. The number of aliphatic hydroxyl groups excluding tert-OH is 1. The van der Waals surface area contributed by atoms with E-state index in [0.717, 1.165) is 35.3 Å². The Bertz CT molecular complexity index is 688. The van der Waals surface area contributed by atoms with Gasteiger partial charge in [-0.15, -0.1) is 0 Å². The van der Waals surface area contributed by atoms with Crippen LogP contribution in [0.5, 0.6) is 0 Å². The molecule has 0 fully saturated rings. The molecule has 1 heterocycles. The lowest BCUT2D eigenvalue weighted by Gasteiger charge is -2.35. The van der Waals surface area contributed by atoms with Crippen molar-refractivity contribution in [3.05, 3.63) is 76.9 Å². The average Bonchev–Trinajstić information content (AvgIpc) is 2.55. The first kappa shape index (κ1) is 12.7. The number of ether oxygens (including phenoxy) is 1. The molecule has 0 aromatic heterocycles. The van der Waals surface area contributed by atoms with Gasteiger partial charge in [-0.05, 0) is 24.0 Å². The first-order valence-corrected chi connectivity index (χ1v) is 7.54. The van der Waals surface area contributed by atoms with Gasteiger partial charge in [0.25, 0.3) is 0 Å². The number of aliphatic hydroxyl groups is 1. The SMILES string of the molecule is O[C@@H]1C[C@H](c2ccccc2)OC2=C1CCc1ccccc12. The predicted octanol–water partition coefficient (Wildman–Crippen LogP) is 3.87. The highest BCUT2D eigenvalue weighted by molar-refractivity contribution is 5.70. The van der Waals surface area contributed by atoms with Gasteiger partial charge in [-0.3, -0.25) is 0 Å². The summed E-state index contributed by atoms with van der Waals surface area (Å²) >= 11 is 0. The molecule has 0 unspecified atom stereocenters. The molecule has 2 aromatic carbocycles. The lowest BCUT2D eigenvalue weighted by atomic mass is 9.84. The molecule has 2 atom stereocenters. The van der Waals surface area contributed by atoms with E-state index in [1.807, 2.05) is 24.3 Å². The zero-order valence-corrected chi connectivity index (χ0v) is 11.8. The fourth-order valence-corrected chi connectivity index (χ4v) is 3.38. The van der Waals surface area contributed by atoms with Crippen LogP contribution in [0.2, 0.25) is 0 Å². The largest absolute Gasteiger partial charge is 0.485 e. The standard InChI is InChI=1S/C19H18O2/c20-17-12-18(14-7-2-1-3-8-14)21-19-15-9-5-4-6-13(15)10-11-16(17)19/h1-9,17-18,20H,10-12H2/t17-,18-/m1/s1. The first-order chi connectivity index (χ1) is 10.3. The van der Waals surface area contributed by atoms with E-state index >= 15 is 0 Å². The van der Waals surface area contributed by atoms with Gasteiger partial charge in [0.2, 0.25) is 0 Å². The van der Waals surface area contributed by atoms with Gasteiger partial charge in [-0.1, -0.05) is 54.6 Å². The number of hydrogen-bond acceptors (Lipinski definition) is 2. The molecular weight excluding hydrogens is 260 g/mol. The van der Waals surface area contributed by atoms with Crippen LogP contribution >= 0.6 is 0 Å². The summed E-state index contributed by atoms with van der Waals surface area (Å²) in [5.74, 6) is 0.907. The zero-order chi connectivity index (χ0) is 14.2. The van der Waals surface area contributed by atoms with Crippen LogP contribution in [0.3, 0.4) is 0 Å². The topological polar surface area (TPSA) is 29.5 Å². The summed E-state index contributed by atoms with van der Waals surface area (Å²) in [6.07, 6.45) is 2.07. The van der Waals surface area contributed by atoms with Crippen molar-refractivity contribution >= 4 is 5.76 Å². The van der Waals surface area contributed by atoms with Crippen molar-refractivity contribution in [3.63, 3.8) is 0 Å². The fraction of sp³-hybridized carbons (Fsp3) is 0.263. The Labute approximate surface area is 124 Å². The van der Waals surface area contributed by atoms with Crippen molar-refractivity contribution in [3.8, 4) is 0 Å². The van der Waals surface area contributed by atoms with Crippen LogP contribution in [0.4, 0.5) is 0 Å². The molecule has 21 heavy (non-hydrogen) atoms. The summed E-state index contributed by atoms with van der Waals surface area (Å²) in [4.78, 5) is 0. The van der Waals surface area contributed by atoms with Crippen LogP contribution in [0.1, 0.15) is 35.6 Å². The molecule has 1 aliphatic carbocycles. The van der Waals surface area contributed by atoms with Gasteiger partial charge in [0.1, 0.15) is 11.9 Å². The lowest BCUT2D eigenvalue weighted by Crippen LogP contribution is -2.26. The Morgan fingerprint density at radius 1 is 0.905 bits per heavy atom. The lowest BCUT2D eigenvalue weighted by molar-refractivity contribution is 0.0680. The second kappa shape index (κ2) is 5.05. The summed E-state index contributed by atoms with van der Waals surface area (Å²) < 4.78 is 6.29. The Morgan fingerprint density at radius 3 is 2.52 bits per heavy atom. The molecule has 106 valence electrons. The molecule has 0 saturated carbocycles. The van der Waals surface area contributed by atoms with E-state index in [2.05, 4.69) is 30.3 Å². The van der Waals surface area contributed by atoms with Gasteiger partial charge in [-0.2, -0.15) is 0 Å². The molecule has 1 N–H and O–H groups in total. The molecule has 2 aromatic rings. The zero-order valence-electron chi connectivity index (χ0n) is 11.8. The molecule has 0 spiro atoms. The van der Waals surface area contributed by atoms with Gasteiger partial charge in [-0.25, -0.2) is 0 Å². The summed E-state index contributed by atoms with van der Waals surface area (Å²) in [7, 11) is 0. The summed E-state index contributed by atoms with van der Waals surface area (Å²) in [6.45, 7) is 0. The fourth-order valence-electron chi connectivity index (χ4n) is 3.38. The van der Waals surface area contributed by atoms with Crippen molar-refractivity contribution in [1.82, 2.24) is 0 Å². The smallest absolute Gasteiger partial charge is 0.129 e. The van der Waals surface area contributed by atoms with Crippen LogP contribution in [0.25, 0.3) is 5.76 Å². The van der Waals surface area contributed by atoms with Crippen LogP contribution in [0, 0.1) is 0 Å².